The molecule has 6 heteroatoms. The summed E-state index contributed by atoms with van der Waals surface area (Å²) in [5.74, 6) is 0.652. The molecule has 26 heavy (non-hydrogen) atoms. The molecule has 0 saturated carbocycles. The first kappa shape index (κ1) is 16.7. The molecule has 0 unspecified atom stereocenters. The number of aryl methyl sites for hydroxylation is 1. The molecule has 4 aromatic rings. The molecular formula is C20H19N3O2S. The number of thiazole rings is 1. The molecule has 0 N–H and O–H groups in total. The van der Waals surface area contributed by atoms with Crippen LogP contribution in [0.5, 0.6) is 0 Å². The summed E-state index contributed by atoms with van der Waals surface area (Å²) in [6.45, 7) is 2.01. The Labute approximate surface area is 155 Å². The third-order valence-electron chi connectivity index (χ3n) is 4.53. The number of nitrogens with zero attached hydrogens (tertiary/aromatic N) is 3. The topological polar surface area (TPSA) is 59.2 Å². The van der Waals surface area contributed by atoms with Crippen molar-refractivity contribution in [3.63, 3.8) is 0 Å². The molecule has 0 bridgehead atoms. The lowest BCUT2D eigenvalue weighted by Gasteiger charge is -2.23. The molecular weight excluding hydrogens is 346 g/mol. The number of para-hydroxylation sites is 3. The number of carbonyl (C=O) groups is 1. The molecule has 1 atom stereocenters. The first-order valence-corrected chi connectivity index (χ1v) is 9.39. The Kier molecular flexibility index (Phi) is 4.42. The summed E-state index contributed by atoms with van der Waals surface area (Å²) in [5, 5.41) is 0.948. The molecule has 2 aromatic carbocycles. The molecule has 0 saturated heterocycles. The van der Waals surface area contributed by atoms with E-state index in [4.69, 9.17) is 4.42 Å². The van der Waals surface area contributed by atoms with Gasteiger partial charge >= 0.3 is 0 Å². The van der Waals surface area contributed by atoms with E-state index in [-0.39, 0.29) is 11.9 Å². The summed E-state index contributed by atoms with van der Waals surface area (Å²) in [6.07, 6.45) is 0.850. The average Bonchev–Trinajstić information content (AvgIpc) is 3.28. The molecule has 0 aliphatic carbocycles. The Morgan fingerprint density at radius 2 is 1.85 bits per heavy atom. The van der Waals surface area contributed by atoms with E-state index >= 15 is 0 Å². The molecule has 5 nitrogen and oxygen atoms in total. The fourth-order valence-electron chi connectivity index (χ4n) is 2.87. The van der Waals surface area contributed by atoms with Gasteiger partial charge in [0.2, 0.25) is 5.91 Å². The van der Waals surface area contributed by atoms with E-state index in [1.807, 2.05) is 56.4 Å². The second kappa shape index (κ2) is 6.88. The van der Waals surface area contributed by atoms with Crippen molar-refractivity contribution in [3.8, 4) is 0 Å². The van der Waals surface area contributed by atoms with E-state index in [2.05, 4.69) is 16.0 Å². The quantitative estimate of drug-likeness (QED) is 0.519. The summed E-state index contributed by atoms with van der Waals surface area (Å²) in [7, 11) is 1.82. The van der Waals surface area contributed by atoms with Gasteiger partial charge in [0.05, 0.1) is 16.3 Å². The van der Waals surface area contributed by atoms with Gasteiger partial charge in [-0.1, -0.05) is 24.3 Å². The number of amides is 1. The van der Waals surface area contributed by atoms with Gasteiger partial charge < -0.3 is 9.32 Å². The normalized spacial score (nSPS) is 12.5. The molecule has 0 fully saturated rings. The van der Waals surface area contributed by atoms with Gasteiger partial charge in [-0.25, -0.2) is 9.97 Å². The van der Waals surface area contributed by atoms with Gasteiger partial charge in [-0.05, 0) is 31.2 Å². The Morgan fingerprint density at radius 1 is 1.12 bits per heavy atom. The fraction of sp³-hybridized carbons (Fsp3) is 0.250. The number of oxazole rings is 1. The van der Waals surface area contributed by atoms with Crippen molar-refractivity contribution in [3.05, 3.63) is 59.4 Å². The van der Waals surface area contributed by atoms with Crippen LogP contribution in [0.15, 0.2) is 52.9 Å². The van der Waals surface area contributed by atoms with Crippen molar-refractivity contribution in [2.75, 3.05) is 7.05 Å². The van der Waals surface area contributed by atoms with Gasteiger partial charge in [0.1, 0.15) is 10.5 Å². The van der Waals surface area contributed by atoms with Gasteiger partial charge in [-0.3, -0.25) is 4.79 Å². The fourth-order valence-corrected chi connectivity index (χ4v) is 3.93. The number of carbonyl (C=O) groups excluding carboxylic acids is 1. The highest BCUT2D eigenvalue weighted by Crippen LogP contribution is 2.29. The zero-order chi connectivity index (χ0) is 18.1. The summed E-state index contributed by atoms with van der Waals surface area (Å²) in [5.41, 5.74) is 2.56. The van der Waals surface area contributed by atoms with Crippen molar-refractivity contribution in [1.82, 2.24) is 14.9 Å². The monoisotopic (exact) mass is 365 g/mol. The van der Waals surface area contributed by atoms with Crippen LogP contribution in [0, 0.1) is 0 Å². The van der Waals surface area contributed by atoms with Crippen LogP contribution in [0.25, 0.3) is 21.3 Å². The van der Waals surface area contributed by atoms with E-state index in [9.17, 15) is 4.79 Å². The third kappa shape index (κ3) is 3.20. The zero-order valence-electron chi connectivity index (χ0n) is 14.7. The number of fused-ring (bicyclic) bond motifs is 2. The summed E-state index contributed by atoms with van der Waals surface area (Å²) in [4.78, 5) is 23.4. The van der Waals surface area contributed by atoms with E-state index in [0.717, 1.165) is 26.3 Å². The molecule has 132 valence electrons. The van der Waals surface area contributed by atoms with Crippen molar-refractivity contribution in [2.45, 2.75) is 25.8 Å². The van der Waals surface area contributed by atoms with Gasteiger partial charge in [0.15, 0.2) is 11.5 Å². The highest BCUT2D eigenvalue weighted by Gasteiger charge is 2.21. The zero-order valence-corrected chi connectivity index (χ0v) is 15.5. The lowest BCUT2D eigenvalue weighted by Crippen LogP contribution is -2.29. The molecule has 2 heterocycles. The van der Waals surface area contributed by atoms with E-state index in [1.54, 1.807) is 16.2 Å². The highest BCUT2D eigenvalue weighted by atomic mass is 32.1. The van der Waals surface area contributed by atoms with Crippen molar-refractivity contribution >= 4 is 38.6 Å². The number of hydrogen-bond donors (Lipinski definition) is 0. The van der Waals surface area contributed by atoms with Gasteiger partial charge in [0.25, 0.3) is 0 Å². The molecule has 0 radical (unpaired) electrons. The Balaban J connectivity index is 1.43. The first-order chi connectivity index (χ1) is 12.6. The van der Waals surface area contributed by atoms with Crippen LogP contribution in [0.4, 0.5) is 0 Å². The smallest absolute Gasteiger partial charge is 0.223 e. The van der Waals surface area contributed by atoms with Crippen LogP contribution in [-0.4, -0.2) is 27.8 Å². The molecule has 0 aliphatic heterocycles. The van der Waals surface area contributed by atoms with Crippen LogP contribution >= 0.6 is 11.3 Å². The summed E-state index contributed by atoms with van der Waals surface area (Å²) >= 11 is 1.63. The number of aromatic nitrogens is 2. The van der Waals surface area contributed by atoms with Crippen LogP contribution in [0.1, 0.15) is 30.3 Å². The maximum absolute atomic E-state index is 12.6. The maximum atomic E-state index is 12.6. The molecule has 1 amide bonds. The van der Waals surface area contributed by atoms with Crippen LogP contribution in [0.2, 0.25) is 0 Å². The molecule has 0 aliphatic rings. The average molecular weight is 365 g/mol. The minimum atomic E-state index is -0.0662. The van der Waals surface area contributed by atoms with Crippen LogP contribution < -0.4 is 0 Å². The first-order valence-electron chi connectivity index (χ1n) is 8.57. The minimum absolute atomic E-state index is 0.0546. The van der Waals surface area contributed by atoms with Crippen LogP contribution in [0.3, 0.4) is 0 Å². The maximum Gasteiger partial charge on any atom is 0.223 e. The number of rotatable bonds is 5. The van der Waals surface area contributed by atoms with E-state index in [1.165, 1.54) is 0 Å². The van der Waals surface area contributed by atoms with Crippen molar-refractivity contribution in [2.24, 2.45) is 0 Å². The predicted octanol–water partition coefficient (Wildman–Crippen LogP) is 4.59. The summed E-state index contributed by atoms with van der Waals surface area (Å²) in [6, 6.07) is 15.6. The predicted molar refractivity (Wildman–Crippen MR) is 103 cm³/mol. The molecule has 0 spiro atoms. The Bertz CT molecular complexity index is 1000. The second-order valence-electron chi connectivity index (χ2n) is 6.28. The number of benzene rings is 2. The van der Waals surface area contributed by atoms with Crippen molar-refractivity contribution in [1.29, 1.82) is 0 Å². The largest absolute Gasteiger partial charge is 0.441 e. The lowest BCUT2D eigenvalue weighted by molar-refractivity contribution is -0.131. The van der Waals surface area contributed by atoms with Crippen molar-refractivity contribution < 1.29 is 9.21 Å². The van der Waals surface area contributed by atoms with Gasteiger partial charge in [0, 0.05) is 19.9 Å². The summed E-state index contributed by atoms with van der Waals surface area (Å²) < 4.78 is 6.83. The highest BCUT2D eigenvalue weighted by molar-refractivity contribution is 7.18. The van der Waals surface area contributed by atoms with Gasteiger partial charge in [-0.2, -0.15) is 0 Å². The Morgan fingerprint density at radius 3 is 2.62 bits per heavy atom. The second-order valence-corrected chi connectivity index (χ2v) is 7.34. The van der Waals surface area contributed by atoms with Crippen LogP contribution in [-0.2, 0) is 11.2 Å². The number of hydrogen-bond acceptors (Lipinski definition) is 5. The minimum Gasteiger partial charge on any atom is -0.441 e. The van der Waals surface area contributed by atoms with E-state index in [0.29, 0.717) is 18.7 Å². The third-order valence-corrected chi connectivity index (χ3v) is 5.74. The lowest BCUT2D eigenvalue weighted by atomic mass is 10.2. The standard InChI is InChI=1S/C20H19N3O2S/c1-13(20-22-15-8-4-6-10-17(15)26-20)23(2)19(24)12-11-18-21-14-7-3-5-9-16(14)25-18/h3-10,13H,11-12H2,1-2H3/t13-/m1/s1. The molecule has 2 aromatic heterocycles. The van der Waals surface area contributed by atoms with Gasteiger partial charge in [-0.15, -0.1) is 11.3 Å². The Hall–Kier alpha value is -2.73. The molecule has 4 rings (SSSR count). The SMILES string of the molecule is C[C@H](c1nc2ccccc2s1)N(C)C(=O)CCc1nc2ccccc2o1. The van der Waals surface area contributed by atoms with E-state index < -0.39 is 0 Å².